The van der Waals surface area contributed by atoms with E-state index in [0.29, 0.717) is 28.9 Å². The fourth-order valence-corrected chi connectivity index (χ4v) is 4.16. The normalized spacial score (nSPS) is 19.5. The molecule has 7 nitrogen and oxygen atoms in total. The first-order valence-corrected chi connectivity index (χ1v) is 9.94. The standard InChI is InChI=1S/C20H18FN3O4S/c1-2-24-18(25)10-17(19(26)23-14-6-4-3-5-13(14)21)29-20(24)22-12-7-8-15-16(9-12)28-11-27-15/h3-9,17H,2,10-11H2,1H3,(H,23,26). The summed E-state index contributed by atoms with van der Waals surface area (Å²) >= 11 is 1.18. The Kier molecular flexibility index (Phi) is 5.39. The summed E-state index contributed by atoms with van der Waals surface area (Å²) in [5.74, 6) is 0.0335. The number of aliphatic imine (C=N–C) groups is 1. The van der Waals surface area contributed by atoms with Crippen LogP contribution in [0.3, 0.4) is 0 Å². The maximum atomic E-state index is 13.8. The first-order chi connectivity index (χ1) is 14.0. The van der Waals surface area contributed by atoms with Crippen molar-refractivity contribution in [1.82, 2.24) is 4.90 Å². The number of nitrogens with zero attached hydrogens (tertiary/aromatic N) is 2. The molecule has 0 radical (unpaired) electrons. The van der Waals surface area contributed by atoms with Gasteiger partial charge in [0, 0.05) is 19.0 Å². The van der Waals surface area contributed by atoms with Crippen LogP contribution >= 0.6 is 11.8 Å². The van der Waals surface area contributed by atoms with Crippen LogP contribution in [-0.4, -0.2) is 40.5 Å². The van der Waals surface area contributed by atoms with Gasteiger partial charge < -0.3 is 14.8 Å². The second-order valence-electron chi connectivity index (χ2n) is 6.35. The lowest BCUT2D eigenvalue weighted by Crippen LogP contribution is -2.45. The number of ether oxygens (including phenoxy) is 2. The van der Waals surface area contributed by atoms with Crippen LogP contribution in [0, 0.1) is 5.82 Å². The molecule has 4 rings (SSSR count). The van der Waals surface area contributed by atoms with Gasteiger partial charge in [0.1, 0.15) is 11.1 Å². The SMILES string of the molecule is CCN1C(=O)CC(C(=O)Nc2ccccc2F)SC1=Nc1ccc2c(c1)OCO2. The van der Waals surface area contributed by atoms with Gasteiger partial charge in [-0.25, -0.2) is 9.38 Å². The van der Waals surface area contributed by atoms with Gasteiger partial charge in [-0.15, -0.1) is 0 Å². The van der Waals surface area contributed by atoms with Gasteiger partial charge in [0.05, 0.1) is 11.4 Å². The van der Waals surface area contributed by atoms with Gasteiger partial charge in [0.25, 0.3) is 0 Å². The van der Waals surface area contributed by atoms with Crippen molar-refractivity contribution in [3.63, 3.8) is 0 Å². The minimum absolute atomic E-state index is 0.0128. The predicted octanol–water partition coefficient (Wildman–Crippen LogP) is 3.53. The fraction of sp³-hybridized carbons (Fsp3) is 0.250. The van der Waals surface area contributed by atoms with Crippen molar-refractivity contribution in [1.29, 1.82) is 0 Å². The van der Waals surface area contributed by atoms with Gasteiger partial charge in [-0.3, -0.25) is 14.5 Å². The molecule has 0 aromatic heterocycles. The number of carbonyl (C=O) groups is 2. The maximum absolute atomic E-state index is 13.8. The number of benzene rings is 2. The molecule has 2 aromatic carbocycles. The van der Waals surface area contributed by atoms with Gasteiger partial charge in [-0.05, 0) is 31.2 Å². The number of rotatable bonds is 4. The summed E-state index contributed by atoms with van der Waals surface area (Å²) in [6.45, 7) is 2.42. The van der Waals surface area contributed by atoms with Crippen LogP contribution in [0.4, 0.5) is 15.8 Å². The Labute approximate surface area is 170 Å². The van der Waals surface area contributed by atoms with E-state index in [1.165, 1.54) is 28.8 Å². The lowest BCUT2D eigenvalue weighted by atomic mass is 10.2. The smallest absolute Gasteiger partial charge is 0.238 e. The van der Waals surface area contributed by atoms with Crippen molar-refractivity contribution in [2.75, 3.05) is 18.7 Å². The van der Waals surface area contributed by atoms with Crippen LogP contribution in [-0.2, 0) is 9.59 Å². The van der Waals surface area contributed by atoms with Crippen LogP contribution in [0.15, 0.2) is 47.5 Å². The summed E-state index contributed by atoms with van der Waals surface area (Å²) < 4.78 is 24.5. The fourth-order valence-electron chi connectivity index (χ4n) is 2.99. The Balaban J connectivity index is 1.57. The summed E-state index contributed by atoms with van der Waals surface area (Å²) in [5.41, 5.74) is 0.663. The lowest BCUT2D eigenvalue weighted by molar-refractivity contribution is -0.129. The number of carbonyl (C=O) groups excluding carboxylic acids is 2. The molecule has 1 atom stereocenters. The number of halogens is 1. The van der Waals surface area contributed by atoms with E-state index in [0.717, 1.165) is 0 Å². The molecular formula is C20H18FN3O4S. The van der Waals surface area contributed by atoms with E-state index in [1.807, 2.05) is 6.92 Å². The van der Waals surface area contributed by atoms with Gasteiger partial charge in [0.2, 0.25) is 18.6 Å². The molecule has 1 N–H and O–H groups in total. The first-order valence-electron chi connectivity index (χ1n) is 9.06. The predicted molar refractivity (Wildman–Crippen MR) is 108 cm³/mol. The van der Waals surface area contributed by atoms with Gasteiger partial charge in [-0.2, -0.15) is 0 Å². The van der Waals surface area contributed by atoms with Crippen molar-refractivity contribution < 1.29 is 23.5 Å². The van der Waals surface area contributed by atoms with E-state index < -0.39 is 17.0 Å². The monoisotopic (exact) mass is 415 g/mol. The zero-order valence-corrected chi connectivity index (χ0v) is 16.4. The van der Waals surface area contributed by atoms with E-state index in [4.69, 9.17) is 9.47 Å². The number of hydrogen-bond donors (Lipinski definition) is 1. The van der Waals surface area contributed by atoms with Crippen molar-refractivity contribution in [3.05, 3.63) is 48.3 Å². The molecule has 9 heteroatoms. The van der Waals surface area contributed by atoms with Gasteiger partial charge in [0.15, 0.2) is 16.7 Å². The van der Waals surface area contributed by atoms with Crippen molar-refractivity contribution in [2.24, 2.45) is 4.99 Å². The molecule has 0 aliphatic carbocycles. The molecule has 1 unspecified atom stereocenters. The number of para-hydroxylation sites is 1. The van der Waals surface area contributed by atoms with E-state index in [1.54, 1.807) is 30.3 Å². The minimum atomic E-state index is -0.710. The molecule has 2 aromatic rings. The average molecular weight is 415 g/mol. The highest BCUT2D eigenvalue weighted by Crippen LogP contribution is 2.36. The zero-order valence-electron chi connectivity index (χ0n) is 15.6. The van der Waals surface area contributed by atoms with Crippen molar-refractivity contribution >= 4 is 40.1 Å². The van der Waals surface area contributed by atoms with Crippen LogP contribution in [0.2, 0.25) is 0 Å². The number of amidine groups is 1. The molecule has 29 heavy (non-hydrogen) atoms. The lowest BCUT2D eigenvalue weighted by Gasteiger charge is -2.30. The molecule has 2 aliphatic rings. The summed E-state index contributed by atoms with van der Waals surface area (Å²) in [7, 11) is 0. The maximum Gasteiger partial charge on any atom is 0.238 e. The summed E-state index contributed by atoms with van der Waals surface area (Å²) in [6, 6.07) is 11.1. The van der Waals surface area contributed by atoms with E-state index in [9.17, 15) is 14.0 Å². The summed E-state index contributed by atoms with van der Waals surface area (Å²) in [4.78, 5) is 31.3. The summed E-state index contributed by atoms with van der Waals surface area (Å²) in [6.07, 6.45) is 0.0128. The average Bonchev–Trinajstić information content (AvgIpc) is 3.17. The van der Waals surface area contributed by atoms with E-state index >= 15 is 0 Å². The van der Waals surface area contributed by atoms with Crippen molar-refractivity contribution in [2.45, 2.75) is 18.6 Å². The number of fused-ring (bicyclic) bond motifs is 1. The quantitative estimate of drug-likeness (QED) is 0.826. The van der Waals surface area contributed by atoms with Gasteiger partial charge >= 0.3 is 0 Å². The Bertz CT molecular complexity index is 997. The molecule has 2 amide bonds. The number of anilines is 1. The zero-order chi connectivity index (χ0) is 20.4. The number of thioether (sulfide) groups is 1. The molecule has 1 saturated heterocycles. The molecular weight excluding hydrogens is 397 g/mol. The van der Waals surface area contributed by atoms with Crippen LogP contribution in [0.5, 0.6) is 11.5 Å². The topological polar surface area (TPSA) is 80.2 Å². The second kappa shape index (κ2) is 8.12. The van der Waals surface area contributed by atoms with Crippen LogP contribution in [0.1, 0.15) is 13.3 Å². The highest BCUT2D eigenvalue weighted by atomic mass is 32.2. The van der Waals surface area contributed by atoms with Crippen LogP contribution < -0.4 is 14.8 Å². The molecule has 0 spiro atoms. The third-order valence-electron chi connectivity index (χ3n) is 4.46. The third-order valence-corrected chi connectivity index (χ3v) is 5.65. The van der Waals surface area contributed by atoms with Crippen molar-refractivity contribution in [3.8, 4) is 11.5 Å². The van der Waals surface area contributed by atoms with E-state index in [2.05, 4.69) is 10.3 Å². The Morgan fingerprint density at radius 3 is 2.86 bits per heavy atom. The largest absolute Gasteiger partial charge is 0.454 e. The Morgan fingerprint density at radius 1 is 1.28 bits per heavy atom. The Morgan fingerprint density at radius 2 is 2.07 bits per heavy atom. The van der Waals surface area contributed by atoms with Crippen LogP contribution in [0.25, 0.3) is 0 Å². The Hall–Kier alpha value is -3.07. The highest BCUT2D eigenvalue weighted by molar-refractivity contribution is 8.15. The number of hydrogen-bond acceptors (Lipinski definition) is 6. The van der Waals surface area contributed by atoms with E-state index in [-0.39, 0.29) is 24.8 Å². The second-order valence-corrected chi connectivity index (χ2v) is 7.52. The number of amides is 2. The first kappa shape index (κ1) is 19.3. The molecule has 2 heterocycles. The molecule has 150 valence electrons. The summed E-state index contributed by atoms with van der Waals surface area (Å²) in [5, 5.41) is 2.26. The van der Waals surface area contributed by atoms with Gasteiger partial charge in [-0.1, -0.05) is 23.9 Å². The molecule has 2 aliphatic heterocycles. The molecule has 0 bridgehead atoms. The minimum Gasteiger partial charge on any atom is -0.454 e. The number of nitrogens with one attached hydrogen (secondary N) is 1. The molecule has 0 saturated carbocycles. The molecule has 1 fully saturated rings. The highest BCUT2D eigenvalue weighted by Gasteiger charge is 2.35. The third kappa shape index (κ3) is 4.04.